The Morgan fingerprint density at radius 3 is 2.17 bits per heavy atom. The Bertz CT molecular complexity index is 1830. The molecule has 0 unspecified atom stereocenters. The molecule has 0 aliphatic carbocycles. The number of aromatic nitrogens is 8. The molecule has 0 radical (unpaired) electrons. The van der Waals surface area contributed by atoms with Crippen LogP contribution in [0.1, 0.15) is 29.9 Å². The first kappa shape index (κ1) is 25.4. The second kappa shape index (κ2) is 9.40. The maximum absolute atomic E-state index is 15.1. The van der Waals surface area contributed by atoms with Crippen LogP contribution in [0.2, 0.25) is 0 Å². The van der Waals surface area contributed by atoms with Gasteiger partial charge < -0.3 is 0 Å². The van der Waals surface area contributed by atoms with Gasteiger partial charge >= 0.3 is 0 Å². The molecule has 202 valence electrons. The van der Waals surface area contributed by atoms with Gasteiger partial charge in [-0.05, 0) is 49.7 Å². The number of nitrogens with zero attached hydrogens (tertiary/aromatic N) is 8. The van der Waals surface area contributed by atoms with E-state index in [1.807, 2.05) is 30.5 Å². The summed E-state index contributed by atoms with van der Waals surface area (Å²) in [5.74, 6) is -3.98. The first-order valence-corrected chi connectivity index (χ1v) is 12.3. The highest BCUT2D eigenvalue weighted by Gasteiger charge is 2.37. The zero-order valence-electron chi connectivity index (χ0n) is 21.6. The molecule has 0 saturated carbocycles. The fourth-order valence-electron chi connectivity index (χ4n) is 4.73. The van der Waals surface area contributed by atoms with Gasteiger partial charge in [0.15, 0.2) is 11.5 Å². The predicted molar refractivity (Wildman–Crippen MR) is 139 cm³/mol. The third kappa shape index (κ3) is 4.51. The van der Waals surface area contributed by atoms with Gasteiger partial charge in [0.2, 0.25) is 0 Å². The molecule has 0 fully saturated rings. The molecule has 1 atom stereocenters. The average Bonchev–Trinajstić information content (AvgIpc) is 3.63. The van der Waals surface area contributed by atoms with Gasteiger partial charge in [-0.3, -0.25) is 14.2 Å². The van der Waals surface area contributed by atoms with Crippen LogP contribution >= 0.6 is 0 Å². The van der Waals surface area contributed by atoms with Gasteiger partial charge in [0.25, 0.3) is 11.9 Å². The molecular weight excluding hydrogens is 524 g/mol. The lowest BCUT2D eigenvalue weighted by molar-refractivity contribution is -0.0217. The normalized spacial score (nSPS) is 12.8. The molecular formula is C28H22F4N8. The van der Waals surface area contributed by atoms with Gasteiger partial charge in [0, 0.05) is 41.8 Å². The van der Waals surface area contributed by atoms with Crippen molar-refractivity contribution in [2.45, 2.75) is 32.7 Å². The van der Waals surface area contributed by atoms with Crippen LogP contribution in [-0.4, -0.2) is 44.8 Å². The van der Waals surface area contributed by atoms with Crippen LogP contribution in [0.25, 0.3) is 34.1 Å². The van der Waals surface area contributed by atoms with Crippen molar-refractivity contribution < 1.29 is 17.6 Å². The number of rotatable bonds is 6. The van der Waals surface area contributed by atoms with Crippen molar-refractivity contribution in [3.63, 3.8) is 0 Å². The van der Waals surface area contributed by atoms with Crippen molar-refractivity contribution in [3.8, 4) is 28.5 Å². The van der Waals surface area contributed by atoms with Crippen molar-refractivity contribution in [2.75, 3.05) is 0 Å². The van der Waals surface area contributed by atoms with Crippen LogP contribution in [0.5, 0.6) is 0 Å². The van der Waals surface area contributed by atoms with E-state index < -0.39 is 23.6 Å². The van der Waals surface area contributed by atoms with Gasteiger partial charge in [-0.15, -0.1) is 5.10 Å². The third-order valence-corrected chi connectivity index (χ3v) is 6.61. The maximum Gasteiger partial charge on any atom is 0.271 e. The molecule has 40 heavy (non-hydrogen) atoms. The summed E-state index contributed by atoms with van der Waals surface area (Å²) in [4.78, 5) is 13.2. The summed E-state index contributed by atoms with van der Waals surface area (Å²) in [5, 5.41) is 8.60. The van der Waals surface area contributed by atoms with Crippen molar-refractivity contribution >= 4 is 5.65 Å². The lowest BCUT2D eigenvalue weighted by atomic mass is 10.0. The molecule has 0 spiro atoms. The summed E-state index contributed by atoms with van der Waals surface area (Å²) in [6.45, 7) is 4.60. The topological polar surface area (TPSA) is 78.7 Å². The summed E-state index contributed by atoms with van der Waals surface area (Å²) < 4.78 is 62.1. The fourth-order valence-corrected chi connectivity index (χ4v) is 4.73. The Labute approximate surface area is 225 Å². The number of halogens is 4. The van der Waals surface area contributed by atoms with Crippen LogP contribution in [-0.2, 0) is 0 Å². The van der Waals surface area contributed by atoms with E-state index in [9.17, 15) is 13.2 Å². The summed E-state index contributed by atoms with van der Waals surface area (Å²) in [5.41, 5.74) is 3.59. The summed E-state index contributed by atoms with van der Waals surface area (Å²) in [6.07, 6.45) is 7.35. The van der Waals surface area contributed by atoms with E-state index in [1.54, 1.807) is 6.20 Å². The third-order valence-electron chi connectivity index (χ3n) is 6.61. The van der Waals surface area contributed by atoms with Gasteiger partial charge in [0.1, 0.15) is 11.9 Å². The van der Waals surface area contributed by atoms with Crippen molar-refractivity contribution in [1.29, 1.82) is 0 Å². The highest BCUT2D eigenvalue weighted by molar-refractivity contribution is 5.65. The van der Waals surface area contributed by atoms with Gasteiger partial charge in [-0.2, -0.15) is 10.1 Å². The summed E-state index contributed by atoms with van der Waals surface area (Å²) in [6, 6.07) is 8.54. The molecule has 0 aliphatic heterocycles. The van der Waals surface area contributed by atoms with E-state index in [0.29, 0.717) is 28.5 Å². The molecule has 12 heteroatoms. The predicted octanol–water partition coefficient (Wildman–Crippen LogP) is 5.98. The lowest BCUT2D eigenvalue weighted by Crippen LogP contribution is -2.29. The molecule has 6 rings (SSSR count). The van der Waals surface area contributed by atoms with Gasteiger partial charge in [-0.25, -0.2) is 27.1 Å². The average molecular weight is 547 g/mol. The van der Waals surface area contributed by atoms with E-state index in [0.717, 1.165) is 35.1 Å². The summed E-state index contributed by atoms with van der Waals surface area (Å²) >= 11 is 0. The Kier molecular flexibility index (Phi) is 5.97. The number of aryl methyl sites for hydroxylation is 2. The van der Waals surface area contributed by atoms with Crippen molar-refractivity contribution in [3.05, 3.63) is 102 Å². The van der Waals surface area contributed by atoms with E-state index in [1.165, 1.54) is 47.5 Å². The molecule has 0 bridgehead atoms. The molecule has 0 amide bonds. The van der Waals surface area contributed by atoms with Crippen LogP contribution in [0.4, 0.5) is 17.6 Å². The first-order valence-electron chi connectivity index (χ1n) is 12.3. The smallest absolute Gasteiger partial charge is 0.271 e. The van der Waals surface area contributed by atoms with Crippen molar-refractivity contribution in [1.82, 2.24) is 38.9 Å². The number of hydrogen-bond acceptors (Lipinski definition) is 5. The highest BCUT2D eigenvalue weighted by atomic mass is 19.3. The monoisotopic (exact) mass is 546 g/mol. The minimum atomic E-state index is -3.20. The standard InChI is InChI=1S/C28H22F4N8/c1-16-4-5-17(2)40(16)27-36-26-22(30)10-19(14-39(26)37-27)23-12-33-13-24(35-23)20-11-34-38(15-20)25(28(3,31)32)18-6-8-21(29)9-7-18/h4-15,25H,1-3H3/t25-/m1/s1. The van der Waals surface area contributed by atoms with Crippen LogP contribution in [0.15, 0.2) is 73.4 Å². The number of pyridine rings is 1. The van der Waals surface area contributed by atoms with Crippen LogP contribution in [0.3, 0.4) is 0 Å². The van der Waals surface area contributed by atoms with Gasteiger partial charge in [-0.1, -0.05) is 12.1 Å². The zero-order chi connectivity index (χ0) is 28.2. The van der Waals surface area contributed by atoms with Crippen molar-refractivity contribution in [2.24, 2.45) is 0 Å². The van der Waals surface area contributed by atoms with Crippen LogP contribution in [0, 0.1) is 25.5 Å². The SMILES string of the molecule is Cc1ccc(C)n1-c1nc2c(F)cc(-c3cncc(-c4cnn([C@H](c5ccc(F)cc5)C(C)(F)F)c4)n3)cn2n1. The molecule has 5 heterocycles. The number of hydrogen-bond donors (Lipinski definition) is 0. The quantitative estimate of drug-likeness (QED) is 0.240. The van der Waals surface area contributed by atoms with E-state index in [2.05, 4.69) is 25.1 Å². The number of alkyl halides is 2. The number of benzene rings is 1. The largest absolute Gasteiger partial charge is 0.286 e. The molecule has 5 aromatic heterocycles. The second-order valence-electron chi connectivity index (χ2n) is 9.62. The molecule has 0 saturated heterocycles. The Morgan fingerprint density at radius 1 is 0.825 bits per heavy atom. The molecule has 8 nitrogen and oxygen atoms in total. The maximum atomic E-state index is 15.1. The Hall–Kier alpha value is -4.87. The number of fused-ring (bicyclic) bond motifs is 1. The minimum absolute atomic E-state index is 0.0592. The fraction of sp³-hybridized carbons (Fsp3) is 0.179. The molecule has 1 aromatic carbocycles. The Balaban J connectivity index is 1.36. The zero-order valence-corrected chi connectivity index (χ0v) is 21.6. The Morgan fingerprint density at radius 2 is 1.50 bits per heavy atom. The van der Waals surface area contributed by atoms with Gasteiger partial charge in [0.05, 0.1) is 30.0 Å². The van der Waals surface area contributed by atoms with E-state index in [4.69, 9.17) is 0 Å². The van der Waals surface area contributed by atoms with Crippen LogP contribution < -0.4 is 0 Å². The highest BCUT2D eigenvalue weighted by Crippen LogP contribution is 2.35. The second-order valence-corrected chi connectivity index (χ2v) is 9.62. The van der Waals surface area contributed by atoms with E-state index in [-0.39, 0.29) is 11.2 Å². The molecule has 0 aliphatic rings. The summed E-state index contributed by atoms with van der Waals surface area (Å²) in [7, 11) is 0. The van der Waals surface area contributed by atoms with E-state index >= 15 is 4.39 Å². The molecule has 6 aromatic rings. The first-order chi connectivity index (χ1) is 19.1. The minimum Gasteiger partial charge on any atom is -0.286 e. The molecule has 0 N–H and O–H groups in total. The lowest BCUT2D eigenvalue weighted by Gasteiger charge is -2.24.